The highest BCUT2D eigenvalue weighted by atomic mass is 79.9. The van der Waals surface area contributed by atoms with E-state index in [0.29, 0.717) is 59.7 Å². The Morgan fingerprint density at radius 1 is 1.00 bits per heavy atom. The molecule has 0 radical (unpaired) electrons. The number of hydrogen-bond donors (Lipinski definition) is 1. The normalized spacial score (nSPS) is 15.6. The number of nitrogens with one attached hydrogen (secondary N) is 1. The molecule has 1 saturated heterocycles. The summed E-state index contributed by atoms with van der Waals surface area (Å²) in [6, 6.07) is 4.41. The fourth-order valence-electron chi connectivity index (χ4n) is 4.24. The molecule has 8 nitrogen and oxygen atoms in total. The number of halogens is 4. The van der Waals surface area contributed by atoms with E-state index in [0.717, 1.165) is 12.1 Å². The van der Waals surface area contributed by atoms with E-state index in [1.54, 1.807) is 12.4 Å². The van der Waals surface area contributed by atoms with Gasteiger partial charge in [0.1, 0.15) is 5.69 Å². The molecule has 2 aliphatic rings. The molecular weight excluding hydrogens is 568 g/mol. The van der Waals surface area contributed by atoms with Crippen LogP contribution in [0.25, 0.3) is 0 Å². The molecule has 0 spiro atoms. The number of anilines is 4. The van der Waals surface area contributed by atoms with Gasteiger partial charge in [0.15, 0.2) is 11.6 Å². The number of carbonyl (C=O) groups excluding carboxylic acids is 1. The van der Waals surface area contributed by atoms with Crippen LogP contribution in [-0.4, -0.2) is 37.4 Å². The minimum atomic E-state index is -4.42. The highest BCUT2D eigenvalue weighted by Gasteiger charge is 2.34. The van der Waals surface area contributed by atoms with Gasteiger partial charge in [0.2, 0.25) is 11.9 Å². The third-order valence-corrected chi connectivity index (χ3v) is 7.74. The molecule has 1 fully saturated rings. The Morgan fingerprint density at radius 3 is 2.31 bits per heavy atom. The number of benzene rings is 2. The number of hydrogen-bond acceptors (Lipinski definition) is 6. The predicted molar refractivity (Wildman–Crippen MR) is 131 cm³/mol. The topological polar surface area (TPSA) is 95.5 Å². The van der Waals surface area contributed by atoms with Crippen molar-refractivity contribution in [1.82, 2.24) is 9.97 Å². The number of amides is 1. The zero-order chi connectivity index (χ0) is 24.9. The third kappa shape index (κ3) is 4.45. The summed E-state index contributed by atoms with van der Waals surface area (Å²) in [4.78, 5) is 24.4. The summed E-state index contributed by atoms with van der Waals surface area (Å²) in [7, 11) is -4.42. The number of carbonyl (C=O) groups is 1. The van der Waals surface area contributed by atoms with Crippen molar-refractivity contribution in [3.63, 3.8) is 0 Å². The lowest BCUT2D eigenvalue weighted by molar-refractivity contribution is -0.117. The molecule has 0 bridgehead atoms. The van der Waals surface area contributed by atoms with Gasteiger partial charge < -0.3 is 9.80 Å². The highest BCUT2D eigenvalue weighted by Crippen LogP contribution is 2.44. The first kappa shape index (κ1) is 23.9. The maximum absolute atomic E-state index is 14.3. The van der Waals surface area contributed by atoms with E-state index in [9.17, 15) is 22.0 Å². The van der Waals surface area contributed by atoms with Gasteiger partial charge in [-0.15, -0.1) is 0 Å². The average Bonchev–Trinajstić information content (AvgIpc) is 3.42. The molecule has 0 atom stereocenters. The van der Waals surface area contributed by atoms with Crippen LogP contribution in [0.4, 0.5) is 31.8 Å². The standard InChI is InChI=1S/C22H17BrClF2N5O3S/c23-13-10-27-22(28-11-13)31-5-3-12-6-15(9-18(21(12)31)30-4-1-2-19(30)32)35(33,34)29-20-16(25)7-14(24)8-17(20)26/h6-11,29H,1-5H2. The second kappa shape index (κ2) is 8.99. The van der Waals surface area contributed by atoms with E-state index >= 15 is 0 Å². The zero-order valence-electron chi connectivity index (χ0n) is 17.9. The van der Waals surface area contributed by atoms with E-state index in [1.165, 1.54) is 17.0 Å². The van der Waals surface area contributed by atoms with Crippen molar-refractivity contribution >= 4 is 66.5 Å². The van der Waals surface area contributed by atoms with Gasteiger partial charge in [-0.1, -0.05) is 11.6 Å². The van der Waals surface area contributed by atoms with Crippen LogP contribution >= 0.6 is 27.5 Å². The molecule has 0 unspecified atom stereocenters. The Hall–Kier alpha value is -2.83. The fourth-order valence-corrected chi connectivity index (χ4v) is 5.78. The second-order valence-electron chi connectivity index (χ2n) is 8.05. The molecule has 2 aliphatic heterocycles. The summed E-state index contributed by atoms with van der Waals surface area (Å²) in [5.74, 6) is -2.03. The molecule has 5 rings (SSSR count). The van der Waals surface area contributed by atoms with Gasteiger partial charge in [-0.2, -0.15) is 0 Å². The molecule has 1 amide bonds. The lowest BCUT2D eigenvalue weighted by Gasteiger charge is -2.26. The molecule has 3 heterocycles. The molecule has 13 heteroatoms. The Bertz CT molecular complexity index is 1430. The van der Waals surface area contributed by atoms with Gasteiger partial charge in [-0.05, 0) is 58.6 Å². The lowest BCUT2D eigenvalue weighted by Crippen LogP contribution is -2.27. The molecule has 1 aromatic heterocycles. The largest absolute Gasteiger partial charge is 0.310 e. The van der Waals surface area contributed by atoms with Crippen LogP contribution in [0.2, 0.25) is 5.02 Å². The smallest absolute Gasteiger partial charge is 0.262 e. The van der Waals surface area contributed by atoms with Gasteiger partial charge in [0.25, 0.3) is 10.0 Å². The van der Waals surface area contributed by atoms with Gasteiger partial charge in [-0.25, -0.2) is 27.2 Å². The number of fused-ring (bicyclic) bond motifs is 1. The van der Waals surface area contributed by atoms with Crippen LogP contribution in [0.1, 0.15) is 18.4 Å². The van der Waals surface area contributed by atoms with Crippen molar-refractivity contribution in [3.05, 3.63) is 63.4 Å². The molecule has 1 N–H and O–H groups in total. The molecule has 0 saturated carbocycles. The van der Waals surface area contributed by atoms with Crippen LogP contribution in [0.3, 0.4) is 0 Å². The van der Waals surface area contributed by atoms with Crippen LogP contribution in [0.5, 0.6) is 0 Å². The summed E-state index contributed by atoms with van der Waals surface area (Å²) in [6.45, 7) is 0.876. The summed E-state index contributed by atoms with van der Waals surface area (Å²) < 4.78 is 57.7. The summed E-state index contributed by atoms with van der Waals surface area (Å²) >= 11 is 8.95. The van der Waals surface area contributed by atoms with Crippen molar-refractivity contribution < 1.29 is 22.0 Å². The lowest BCUT2D eigenvalue weighted by atomic mass is 10.1. The van der Waals surface area contributed by atoms with E-state index in [-0.39, 0.29) is 15.8 Å². The van der Waals surface area contributed by atoms with E-state index < -0.39 is 27.3 Å². The zero-order valence-corrected chi connectivity index (χ0v) is 21.1. The minimum Gasteiger partial charge on any atom is -0.310 e. The van der Waals surface area contributed by atoms with Crippen molar-refractivity contribution in [1.29, 1.82) is 0 Å². The Kier molecular flexibility index (Phi) is 6.14. The van der Waals surface area contributed by atoms with Crippen molar-refractivity contribution in [2.75, 3.05) is 27.6 Å². The molecule has 182 valence electrons. The molecule has 0 aliphatic carbocycles. The Labute approximate surface area is 213 Å². The SMILES string of the molecule is O=C1CCCN1c1cc(S(=O)(=O)Nc2c(F)cc(Cl)cc2F)cc2c1N(c1ncc(Br)cn1)CC2. The Balaban J connectivity index is 1.62. The van der Waals surface area contributed by atoms with Gasteiger partial charge in [0, 0.05) is 36.9 Å². The van der Waals surface area contributed by atoms with Crippen LogP contribution < -0.4 is 14.5 Å². The number of sulfonamides is 1. The summed E-state index contributed by atoms with van der Waals surface area (Å²) in [6.07, 6.45) is 4.60. The fraction of sp³-hybridized carbons (Fsp3) is 0.227. The van der Waals surface area contributed by atoms with Gasteiger partial charge in [0.05, 0.1) is 20.7 Å². The number of rotatable bonds is 5. The quantitative estimate of drug-likeness (QED) is 0.463. The third-order valence-electron chi connectivity index (χ3n) is 5.78. The van der Waals surface area contributed by atoms with Gasteiger partial charge in [-0.3, -0.25) is 9.52 Å². The molecular formula is C22H17BrClF2N5O3S. The highest BCUT2D eigenvalue weighted by molar-refractivity contribution is 9.10. The Morgan fingerprint density at radius 2 is 1.69 bits per heavy atom. The summed E-state index contributed by atoms with van der Waals surface area (Å²) in [5.41, 5.74) is 0.821. The number of aromatic nitrogens is 2. The maximum Gasteiger partial charge on any atom is 0.262 e. The van der Waals surface area contributed by atoms with Gasteiger partial charge >= 0.3 is 0 Å². The van der Waals surface area contributed by atoms with Crippen molar-refractivity contribution in [2.24, 2.45) is 0 Å². The monoisotopic (exact) mass is 583 g/mol. The second-order valence-corrected chi connectivity index (χ2v) is 11.1. The van der Waals surface area contributed by atoms with Crippen molar-refractivity contribution in [2.45, 2.75) is 24.2 Å². The van der Waals surface area contributed by atoms with E-state index in [4.69, 9.17) is 11.6 Å². The molecule has 3 aromatic rings. The first-order valence-corrected chi connectivity index (χ1v) is 13.2. The molecule has 2 aromatic carbocycles. The van der Waals surface area contributed by atoms with Crippen LogP contribution in [-0.2, 0) is 21.2 Å². The predicted octanol–water partition coefficient (Wildman–Crippen LogP) is 4.79. The molecule has 35 heavy (non-hydrogen) atoms. The first-order chi connectivity index (χ1) is 16.6. The van der Waals surface area contributed by atoms with Crippen LogP contribution in [0, 0.1) is 11.6 Å². The van der Waals surface area contributed by atoms with E-state index in [2.05, 4.69) is 25.9 Å². The first-order valence-electron chi connectivity index (χ1n) is 10.5. The van der Waals surface area contributed by atoms with E-state index in [1.807, 2.05) is 9.62 Å². The number of nitrogens with zero attached hydrogens (tertiary/aromatic N) is 4. The average molecular weight is 585 g/mol. The van der Waals surface area contributed by atoms with Crippen LogP contribution in [0.15, 0.2) is 46.0 Å². The maximum atomic E-state index is 14.3. The summed E-state index contributed by atoms with van der Waals surface area (Å²) in [5, 5.41) is -0.203. The van der Waals surface area contributed by atoms with Crippen molar-refractivity contribution in [3.8, 4) is 0 Å². The minimum absolute atomic E-state index is 0.145.